The van der Waals surface area contributed by atoms with Crippen LogP contribution in [0.2, 0.25) is 0 Å². The standard InChI is InChI=1S/C10H14O2/c1-3-10(12-8(2)11)9-6-4-5-7-9/h1,9-10H,4-7H2,2H3. The average molecular weight is 166 g/mol. The zero-order valence-electron chi connectivity index (χ0n) is 7.38. The van der Waals surface area contributed by atoms with E-state index in [-0.39, 0.29) is 12.1 Å². The number of hydrogen-bond acceptors (Lipinski definition) is 2. The van der Waals surface area contributed by atoms with Crippen molar-refractivity contribution in [3.05, 3.63) is 0 Å². The third-order valence-electron chi connectivity index (χ3n) is 2.29. The van der Waals surface area contributed by atoms with E-state index >= 15 is 0 Å². The zero-order valence-corrected chi connectivity index (χ0v) is 7.38. The summed E-state index contributed by atoms with van der Waals surface area (Å²) in [6, 6.07) is 0. The van der Waals surface area contributed by atoms with Crippen LogP contribution in [0.5, 0.6) is 0 Å². The molecule has 1 aliphatic carbocycles. The molecule has 0 aromatic carbocycles. The fourth-order valence-electron chi connectivity index (χ4n) is 1.71. The molecule has 1 atom stereocenters. The Hall–Kier alpha value is -0.970. The van der Waals surface area contributed by atoms with Crippen LogP contribution in [0.3, 0.4) is 0 Å². The van der Waals surface area contributed by atoms with E-state index in [2.05, 4.69) is 5.92 Å². The van der Waals surface area contributed by atoms with Crippen LogP contribution < -0.4 is 0 Å². The summed E-state index contributed by atoms with van der Waals surface area (Å²) in [5.41, 5.74) is 0. The lowest BCUT2D eigenvalue weighted by Crippen LogP contribution is -2.22. The first-order valence-corrected chi connectivity index (χ1v) is 4.37. The Labute approximate surface area is 73.3 Å². The van der Waals surface area contributed by atoms with Gasteiger partial charge in [0, 0.05) is 12.8 Å². The summed E-state index contributed by atoms with van der Waals surface area (Å²) in [5.74, 6) is 2.66. The van der Waals surface area contributed by atoms with Gasteiger partial charge in [-0.15, -0.1) is 6.42 Å². The number of carbonyl (C=O) groups is 1. The van der Waals surface area contributed by atoms with Gasteiger partial charge in [-0.05, 0) is 12.8 Å². The molecular weight excluding hydrogens is 152 g/mol. The molecule has 0 saturated heterocycles. The van der Waals surface area contributed by atoms with Gasteiger partial charge in [0.15, 0.2) is 6.10 Å². The Kier molecular flexibility index (Phi) is 3.16. The SMILES string of the molecule is C#CC(OC(C)=O)C1CCCC1. The summed E-state index contributed by atoms with van der Waals surface area (Å²) in [5, 5.41) is 0. The molecule has 1 fully saturated rings. The second-order valence-corrected chi connectivity index (χ2v) is 3.24. The number of terminal acetylenes is 1. The van der Waals surface area contributed by atoms with Gasteiger partial charge in [-0.1, -0.05) is 18.8 Å². The fourth-order valence-corrected chi connectivity index (χ4v) is 1.71. The summed E-state index contributed by atoms with van der Waals surface area (Å²) in [6.07, 6.45) is 9.61. The van der Waals surface area contributed by atoms with Gasteiger partial charge in [0.1, 0.15) is 0 Å². The van der Waals surface area contributed by atoms with Crippen molar-refractivity contribution in [2.45, 2.75) is 38.7 Å². The van der Waals surface area contributed by atoms with E-state index in [0.29, 0.717) is 5.92 Å². The lowest BCUT2D eigenvalue weighted by molar-refractivity contribution is -0.145. The van der Waals surface area contributed by atoms with Gasteiger partial charge >= 0.3 is 5.97 Å². The number of esters is 1. The number of carbonyl (C=O) groups excluding carboxylic acids is 1. The maximum absolute atomic E-state index is 10.7. The van der Waals surface area contributed by atoms with Gasteiger partial charge in [-0.25, -0.2) is 0 Å². The maximum Gasteiger partial charge on any atom is 0.303 e. The molecule has 0 aromatic rings. The first kappa shape index (κ1) is 9.12. The van der Waals surface area contributed by atoms with Gasteiger partial charge in [0.2, 0.25) is 0 Å². The topological polar surface area (TPSA) is 26.3 Å². The second kappa shape index (κ2) is 4.15. The van der Waals surface area contributed by atoms with E-state index in [1.54, 1.807) is 0 Å². The largest absolute Gasteiger partial charge is 0.449 e. The molecule has 0 aromatic heterocycles. The first-order chi connectivity index (χ1) is 5.74. The number of ether oxygens (including phenoxy) is 1. The third kappa shape index (κ3) is 2.27. The summed E-state index contributed by atoms with van der Waals surface area (Å²) >= 11 is 0. The highest BCUT2D eigenvalue weighted by atomic mass is 16.5. The molecule has 1 unspecified atom stereocenters. The Bertz CT molecular complexity index is 196. The first-order valence-electron chi connectivity index (χ1n) is 4.37. The molecule has 2 heteroatoms. The number of hydrogen-bond donors (Lipinski definition) is 0. The van der Waals surface area contributed by atoms with Crippen LogP contribution in [0.1, 0.15) is 32.6 Å². The molecule has 0 bridgehead atoms. The van der Waals surface area contributed by atoms with Crippen LogP contribution in [0.4, 0.5) is 0 Å². The van der Waals surface area contributed by atoms with Crippen molar-refractivity contribution in [2.75, 3.05) is 0 Å². The van der Waals surface area contributed by atoms with E-state index in [1.165, 1.54) is 19.8 Å². The van der Waals surface area contributed by atoms with Crippen molar-refractivity contribution in [3.8, 4) is 12.3 Å². The lowest BCUT2D eigenvalue weighted by atomic mass is 10.0. The van der Waals surface area contributed by atoms with Crippen LogP contribution in [0.25, 0.3) is 0 Å². The molecule has 66 valence electrons. The fraction of sp³-hybridized carbons (Fsp3) is 0.700. The average Bonchev–Trinajstić information content (AvgIpc) is 2.51. The molecule has 12 heavy (non-hydrogen) atoms. The van der Waals surface area contributed by atoms with E-state index in [9.17, 15) is 4.79 Å². The predicted octanol–water partition coefficient (Wildman–Crippen LogP) is 1.74. The van der Waals surface area contributed by atoms with Gasteiger partial charge in [0.05, 0.1) is 0 Å². The Morgan fingerprint density at radius 1 is 1.58 bits per heavy atom. The monoisotopic (exact) mass is 166 g/mol. The van der Waals surface area contributed by atoms with Crippen LogP contribution in [0, 0.1) is 18.3 Å². The van der Waals surface area contributed by atoms with Gasteiger partial charge in [-0.2, -0.15) is 0 Å². The predicted molar refractivity (Wildman–Crippen MR) is 46.3 cm³/mol. The Balaban J connectivity index is 2.44. The van der Waals surface area contributed by atoms with Crippen LogP contribution in [-0.2, 0) is 9.53 Å². The van der Waals surface area contributed by atoms with E-state index < -0.39 is 0 Å². The van der Waals surface area contributed by atoms with Gasteiger partial charge in [-0.3, -0.25) is 4.79 Å². The van der Waals surface area contributed by atoms with E-state index in [1.807, 2.05) is 0 Å². The second-order valence-electron chi connectivity index (χ2n) is 3.24. The lowest BCUT2D eigenvalue weighted by Gasteiger charge is -2.16. The van der Waals surface area contributed by atoms with Crippen molar-refractivity contribution in [3.63, 3.8) is 0 Å². The van der Waals surface area contributed by atoms with Gasteiger partial charge in [0.25, 0.3) is 0 Å². The molecule has 2 nitrogen and oxygen atoms in total. The highest BCUT2D eigenvalue weighted by Gasteiger charge is 2.25. The quantitative estimate of drug-likeness (QED) is 0.461. The number of rotatable bonds is 2. The molecule has 0 spiro atoms. The molecule has 0 amide bonds. The van der Waals surface area contributed by atoms with Crippen molar-refractivity contribution in [2.24, 2.45) is 5.92 Å². The summed E-state index contributed by atoms with van der Waals surface area (Å²) in [7, 11) is 0. The molecule has 0 N–H and O–H groups in total. The third-order valence-corrected chi connectivity index (χ3v) is 2.29. The van der Waals surface area contributed by atoms with Crippen molar-refractivity contribution >= 4 is 5.97 Å². The zero-order chi connectivity index (χ0) is 8.97. The van der Waals surface area contributed by atoms with Crippen LogP contribution in [-0.4, -0.2) is 12.1 Å². The van der Waals surface area contributed by atoms with Crippen molar-refractivity contribution in [1.82, 2.24) is 0 Å². The summed E-state index contributed by atoms with van der Waals surface area (Å²) in [4.78, 5) is 10.7. The Morgan fingerprint density at radius 3 is 2.58 bits per heavy atom. The molecule has 0 heterocycles. The van der Waals surface area contributed by atoms with Crippen LogP contribution >= 0.6 is 0 Å². The molecule has 0 radical (unpaired) electrons. The maximum atomic E-state index is 10.7. The minimum absolute atomic E-state index is 0.273. The van der Waals surface area contributed by atoms with Crippen molar-refractivity contribution < 1.29 is 9.53 Å². The minimum atomic E-state index is -0.287. The summed E-state index contributed by atoms with van der Waals surface area (Å²) < 4.78 is 5.01. The summed E-state index contributed by atoms with van der Waals surface area (Å²) in [6.45, 7) is 1.40. The molecule has 1 saturated carbocycles. The van der Waals surface area contributed by atoms with Crippen molar-refractivity contribution in [1.29, 1.82) is 0 Å². The molecule has 1 rings (SSSR count). The van der Waals surface area contributed by atoms with E-state index in [0.717, 1.165) is 12.8 Å². The molecular formula is C10H14O2. The smallest absolute Gasteiger partial charge is 0.303 e. The normalized spacial score (nSPS) is 20.0. The highest BCUT2D eigenvalue weighted by molar-refractivity contribution is 5.66. The van der Waals surface area contributed by atoms with E-state index in [4.69, 9.17) is 11.2 Å². The minimum Gasteiger partial charge on any atom is -0.449 e. The molecule has 0 aliphatic heterocycles. The van der Waals surface area contributed by atoms with Crippen LogP contribution in [0.15, 0.2) is 0 Å². The Morgan fingerprint density at radius 2 is 2.17 bits per heavy atom. The van der Waals surface area contributed by atoms with Gasteiger partial charge < -0.3 is 4.74 Å². The highest BCUT2D eigenvalue weighted by Crippen LogP contribution is 2.28. The molecule has 1 aliphatic rings.